The van der Waals surface area contributed by atoms with Crippen molar-refractivity contribution in [3.05, 3.63) is 122 Å². The number of nitrogens with one attached hydrogen (secondary N) is 1. The van der Waals surface area contributed by atoms with E-state index in [1.165, 1.54) is 244 Å². The Bertz CT molecular complexity index is 1570. The van der Waals surface area contributed by atoms with Crippen molar-refractivity contribution in [3.8, 4) is 0 Å². The second-order valence-corrected chi connectivity index (χ2v) is 23.9. The van der Waals surface area contributed by atoms with Gasteiger partial charge in [-0.3, -0.25) is 4.79 Å². The summed E-state index contributed by atoms with van der Waals surface area (Å²) in [7, 11) is 0. The van der Waals surface area contributed by atoms with Gasteiger partial charge in [0.25, 0.3) is 0 Å². The average Bonchev–Trinajstić information content (AvgIpc) is 3.50. The number of hydrogen-bond acceptors (Lipinski definition) is 3. The van der Waals surface area contributed by atoms with Gasteiger partial charge in [-0.05, 0) is 96.3 Å². The van der Waals surface area contributed by atoms with Crippen LogP contribution < -0.4 is 5.32 Å². The first kappa shape index (κ1) is 78.8. The van der Waals surface area contributed by atoms with E-state index in [2.05, 4.69) is 129 Å². The Balaban J connectivity index is 3.54. The van der Waals surface area contributed by atoms with E-state index in [-0.39, 0.29) is 12.5 Å². The molecule has 0 saturated heterocycles. The standard InChI is InChI=1S/C78H137NO3/c1-3-5-7-9-11-13-15-17-19-21-23-25-27-29-31-33-35-37-38-39-40-42-44-46-48-50-52-54-56-58-60-62-64-66-68-70-72-74-78(82)79-76(75-80)77(81)73-71-69-67-65-63-61-59-57-55-53-51-49-47-45-43-41-36-34-32-30-28-26-24-22-20-18-16-14-12-10-8-6-4-2/h5,7,11,13,17,19,23,25,29,31,35,37,39-40,44,46,63,65,71,73,76-77,80-81H,3-4,6,8-10,12,14-16,18,20-22,24,26-28,30,32-34,36,38,41-43,45,47-62,64,66-70,72,74-75H2,1-2H3,(H,79,82)/b7-5-,13-11-,19-17-,25-23-,31-29-,37-35-,40-39-,46-44-,65-63+,73-71+. The number of aliphatic hydroxyl groups is 2. The third-order valence-corrected chi connectivity index (χ3v) is 15.9. The van der Waals surface area contributed by atoms with E-state index in [0.717, 1.165) is 83.5 Å². The van der Waals surface area contributed by atoms with Gasteiger partial charge in [-0.25, -0.2) is 0 Å². The zero-order valence-electron chi connectivity index (χ0n) is 54.5. The third-order valence-electron chi connectivity index (χ3n) is 15.9. The van der Waals surface area contributed by atoms with Crippen LogP contribution in [-0.2, 0) is 4.79 Å². The van der Waals surface area contributed by atoms with Crippen LogP contribution in [0.3, 0.4) is 0 Å². The summed E-state index contributed by atoms with van der Waals surface area (Å²) in [5.41, 5.74) is 0. The first-order chi connectivity index (χ1) is 40.7. The van der Waals surface area contributed by atoms with Crippen molar-refractivity contribution in [1.29, 1.82) is 0 Å². The van der Waals surface area contributed by atoms with Crippen LogP contribution in [0.1, 0.15) is 348 Å². The van der Waals surface area contributed by atoms with Crippen LogP contribution in [0.15, 0.2) is 122 Å². The molecule has 0 heterocycles. The summed E-state index contributed by atoms with van der Waals surface area (Å²) < 4.78 is 0. The van der Waals surface area contributed by atoms with Crippen LogP contribution in [0.2, 0.25) is 0 Å². The second kappa shape index (κ2) is 72.1. The molecule has 0 aromatic carbocycles. The molecule has 0 aromatic heterocycles. The molecule has 0 aliphatic heterocycles. The lowest BCUT2D eigenvalue weighted by Gasteiger charge is -2.19. The number of unbranched alkanes of at least 4 members (excludes halogenated alkanes) is 40. The topological polar surface area (TPSA) is 69.6 Å². The molecule has 1 amide bonds. The first-order valence-electron chi connectivity index (χ1n) is 35.7. The Morgan fingerprint density at radius 2 is 0.549 bits per heavy atom. The van der Waals surface area contributed by atoms with Gasteiger partial charge in [0.2, 0.25) is 5.91 Å². The minimum Gasteiger partial charge on any atom is -0.394 e. The van der Waals surface area contributed by atoms with Gasteiger partial charge in [0, 0.05) is 6.42 Å². The molecule has 2 unspecified atom stereocenters. The van der Waals surface area contributed by atoms with E-state index in [0.29, 0.717) is 6.42 Å². The lowest BCUT2D eigenvalue weighted by Crippen LogP contribution is -2.45. The van der Waals surface area contributed by atoms with Crippen molar-refractivity contribution in [2.75, 3.05) is 6.61 Å². The summed E-state index contributed by atoms with van der Waals surface area (Å²) in [6, 6.07) is -0.650. The highest BCUT2D eigenvalue weighted by molar-refractivity contribution is 5.76. The highest BCUT2D eigenvalue weighted by atomic mass is 16.3. The van der Waals surface area contributed by atoms with Gasteiger partial charge in [0.15, 0.2) is 0 Å². The molecular formula is C78H137NO3. The van der Waals surface area contributed by atoms with Gasteiger partial charge in [-0.1, -0.05) is 367 Å². The van der Waals surface area contributed by atoms with Crippen LogP contribution in [0.5, 0.6) is 0 Å². The Morgan fingerprint density at radius 1 is 0.305 bits per heavy atom. The van der Waals surface area contributed by atoms with Crippen molar-refractivity contribution in [1.82, 2.24) is 5.32 Å². The fourth-order valence-electron chi connectivity index (χ4n) is 10.6. The number of carbonyl (C=O) groups excluding carboxylic acids is 1. The minimum atomic E-state index is -0.872. The van der Waals surface area contributed by atoms with E-state index >= 15 is 0 Å². The summed E-state index contributed by atoms with van der Waals surface area (Å²) in [5.74, 6) is -0.0767. The maximum atomic E-state index is 12.5. The van der Waals surface area contributed by atoms with Crippen LogP contribution in [-0.4, -0.2) is 34.9 Å². The first-order valence-corrected chi connectivity index (χ1v) is 35.7. The Kier molecular flexibility index (Phi) is 69.2. The molecule has 0 spiro atoms. The van der Waals surface area contributed by atoms with Gasteiger partial charge < -0.3 is 15.5 Å². The Labute approximate surface area is 511 Å². The fourth-order valence-corrected chi connectivity index (χ4v) is 10.6. The van der Waals surface area contributed by atoms with Crippen molar-refractivity contribution < 1.29 is 15.0 Å². The SMILES string of the molecule is CC/C=C\C/C=C\C/C=C\C/C=C\C/C=C\C/C=C\C/C=C\C/C=C\CCCCCCCCCCCCCCC(=O)NC(CO)C(O)/C=C/CC/C=C/CCCCCCCCCCCCCCCCCCCCCCCCCCCCC. The highest BCUT2D eigenvalue weighted by Gasteiger charge is 2.18. The van der Waals surface area contributed by atoms with Crippen molar-refractivity contribution in [2.24, 2.45) is 0 Å². The Morgan fingerprint density at radius 3 is 0.854 bits per heavy atom. The van der Waals surface area contributed by atoms with E-state index in [9.17, 15) is 15.0 Å². The van der Waals surface area contributed by atoms with Crippen molar-refractivity contribution in [2.45, 2.75) is 360 Å². The maximum Gasteiger partial charge on any atom is 0.220 e. The molecule has 0 saturated carbocycles. The van der Waals surface area contributed by atoms with Crippen LogP contribution >= 0.6 is 0 Å². The van der Waals surface area contributed by atoms with E-state index in [1.807, 2.05) is 6.08 Å². The molecule has 4 nitrogen and oxygen atoms in total. The Hall–Kier alpha value is -3.21. The molecule has 0 fully saturated rings. The van der Waals surface area contributed by atoms with Crippen LogP contribution in [0, 0.1) is 0 Å². The molecule has 3 N–H and O–H groups in total. The largest absolute Gasteiger partial charge is 0.394 e. The number of allylic oxidation sites excluding steroid dienone is 19. The van der Waals surface area contributed by atoms with Gasteiger partial charge in [-0.15, -0.1) is 0 Å². The molecule has 0 rings (SSSR count). The van der Waals surface area contributed by atoms with Crippen LogP contribution in [0.4, 0.5) is 0 Å². The molecule has 2 atom stereocenters. The zero-order valence-corrected chi connectivity index (χ0v) is 54.5. The minimum absolute atomic E-state index is 0.0767. The fraction of sp³-hybridized carbons (Fsp3) is 0.731. The smallest absolute Gasteiger partial charge is 0.220 e. The molecule has 472 valence electrons. The predicted octanol–water partition coefficient (Wildman–Crippen LogP) is 24.7. The molecular weight excluding hydrogens is 999 g/mol. The van der Waals surface area contributed by atoms with Crippen LogP contribution in [0.25, 0.3) is 0 Å². The summed E-state index contributed by atoms with van der Waals surface area (Å²) in [5, 5.41) is 23.3. The van der Waals surface area contributed by atoms with Gasteiger partial charge in [-0.2, -0.15) is 0 Å². The molecule has 0 aromatic rings. The monoisotopic (exact) mass is 1140 g/mol. The summed E-state index contributed by atoms with van der Waals surface area (Å²) >= 11 is 0. The van der Waals surface area contributed by atoms with Gasteiger partial charge in [0.1, 0.15) is 0 Å². The molecule has 0 aliphatic carbocycles. The number of amides is 1. The maximum absolute atomic E-state index is 12.5. The van der Waals surface area contributed by atoms with Crippen molar-refractivity contribution >= 4 is 5.91 Å². The van der Waals surface area contributed by atoms with E-state index in [1.54, 1.807) is 6.08 Å². The molecule has 0 aliphatic rings. The number of hydrogen-bond donors (Lipinski definition) is 3. The van der Waals surface area contributed by atoms with Crippen molar-refractivity contribution in [3.63, 3.8) is 0 Å². The summed E-state index contributed by atoms with van der Waals surface area (Å²) in [6.07, 6.45) is 110. The quantitative estimate of drug-likeness (QED) is 0.0420. The zero-order chi connectivity index (χ0) is 59.1. The normalized spacial score (nSPS) is 13.5. The lowest BCUT2D eigenvalue weighted by molar-refractivity contribution is -0.123. The number of aliphatic hydroxyl groups excluding tert-OH is 2. The number of rotatable bonds is 65. The third kappa shape index (κ3) is 67.6. The second-order valence-electron chi connectivity index (χ2n) is 23.9. The molecule has 82 heavy (non-hydrogen) atoms. The van der Waals surface area contributed by atoms with E-state index in [4.69, 9.17) is 0 Å². The molecule has 0 bridgehead atoms. The summed E-state index contributed by atoms with van der Waals surface area (Å²) in [4.78, 5) is 12.5. The molecule has 0 radical (unpaired) electrons. The number of carbonyl (C=O) groups is 1. The van der Waals surface area contributed by atoms with Gasteiger partial charge in [0.05, 0.1) is 18.8 Å². The van der Waals surface area contributed by atoms with Gasteiger partial charge >= 0.3 is 0 Å². The van der Waals surface area contributed by atoms with E-state index < -0.39 is 12.1 Å². The lowest BCUT2D eigenvalue weighted by atomic mass is 10.0. The summed E-state index contributed by atoms with van der Waals surface area (Å²) in [6.45, 7) is 4.21. The molecule has 4 heteroatoms. The predicted molar refractivity (Wildman–Crippen MR) is 368 cm³/mol. The average molecular weight is 1140 g/mol. The highest BCUT2D eigenvalue weighted by Crippen LogP contribution is 2.18.